The van der Waals surface area contributed by atoms with Crippen molar-refractivity contribution in [1.82, 2.24) is 10.6 Å². The van der Waals surface area contributed by atoms with Crippen molar-refractivity contribution in [2.24, 2.45) is 11.3 Å². The Balaban J connectivity index is 2.43. The Kier molecular flexibility index (Phi) is 7.98. The van der Waals surface area contributed by atoms with Gasteiger partial charge < -0.3 is 10.6 Å². The summed E-state index contributed by atoms with van der Waals surface area (Å²) in [5.74, 6) is 2.06. The van der Waals surface area contributed by atoms with Crippen LogP contribution in [0, 0.1) is 11.3 Å². The zero-order valence-corrected chi connectivity index (χ0v) is 15.1. The molecular weight excluding hydrogens is 272 g/mol. The lowest BCUT2D eigenvalue weighted by atomic mass is 9.92. The van der Waals surface area contributed by atoms with Gasteiger partial charge in [-0.2, -0.15) is 0 Å². The van der Waals surface area contributed by atoms with Crippen LogP contribution in [0.2, 0.25) is 0 Å². The van der Waals surface area contributed by atoms with E-state index in [0.717, 1.165) is 37.5 Å². The molecule has 0 bridgehead atoms. The van der Waals surface area contributed by atoms with E-state index in [4.69, 9.17) is 0 Å². The summed E-state index contributed by atoms with van der Waals surface area (Å²) in [5, 5.41) is 7.02. The van der Waals surface area contributed by atoms with E-state index in [1.165, 1.54) is 25.7 Å². The van der Waals surface area contributed by atoms with Gasteiger partial charge in [-0.15, -0.1) is 0 Å². The highest BCUT2D eigenvalue weighted by molar-refractivity contribution is 5.77. The largest absolute Gasteiger partial charge is 0.372 e. The van der Waals surface area contributed by atoms with Crippen molar-refractivity contribution in [2.45, 2.75) is 85.1 Å². The highest BCUT2D eigenvalue weighted by Gasteiger charge is 2.25. The van der Waals surface area contributed by atoms with Gasteiger partial charge in [-0.25, -0.2) is 0 Å². The third kappa shape index (κ3) is 7.86. The van der Waals surface area contributed by atoms with Crippen LogP contribution in [0.5, 0.6) is 0 Å². The number of nitrogens with one attached hydrogen (secondary N) is 2. The van der Waals surface area contributed by atoms with Gasteiger partial charge in [0.05, 0.1) is 5.82 Å². The first-order chi connectivity index (χ1) is 10.3. The summed E-state index contributed by atoms with van der Waals surface area (Å²) in [6, 6.07) is 0.465. The highest BCUT2D eigenvalue weighted by Crippen LogP contribution is 2.30. The van der Waals surface area contributed by atoms with Gasteiger partial charge >= 0.3 is 0 Å². The van der Waals surface area contributed by atoms with Crippen molar-refractivity contribution < 1.29 is 4.79 Å². The van der Waals surface area contributed by atoms with Crippen LogP contribution in [0.3, 0.4) is 0 Å². The van der Waals surface area contributed by atoms with Gasteiger partial charge in [-0.1, -0.05) is 47.1 Å². The minimum Gasteiger partial charge on any atom is -0.372 e. The molecule has 1 rings (SSSR count). The second kappa shape index (κ2) is 9.22. The molecule has 1 saturated carbocycles. The smallest absolute Gasteiger partial charge is 0.132 e. The number of hydrogen-bond acceptors (Lipinski definition) is 3. The molecule has 0 radical (unpaired) electrons. The van der Waals surface area contributed by atoms with E-state index in [1.54, 1.807) is 0 Å². The van der Waals surface area contributed by atoms with Crippen molar-refractivity contribution in [1.29, 1.82) is 0 Å². The molecule has 128 valence electrons. The lowest BCUT2D eigenvalue weighted by molar-refractivity contribution is -0.118. The topological polar surface area (TPSA) is 41.1 Å². The van der Waals surface area contributed by atoms with Gasteiger partial charge in [0, 0.05) is 25.4 Å². The third-order valence-electron chi connectivity index (χ3n) is 4.53. The fraction of sp³-hybridized carbons (Fsp3) is 0.842. The van der Waals surface area contributed by atoms with Gasteiger partial charge in [0.15, 0.2) is 0 Å². The van der Waals surface area contributed by atoms with Gasteiger partial charge in [0.1, 0.15) is 5.78 Å². The van der Waals surface area contributed by atoms with E-state index in [9.17, 15) is 4.79 Å². The molecule has 1 aliphatic carbocycles. The number of rotatable bonds is 10. The van der Waals surface area contributed by atoms with Crippen LogP contribution in [-0.2, 0) is 4.79 Å². The van der Waals surface area contributed by atoms with Gasteiger partial charge in [-0.05, 0) is 37.0 Å². The monoisotopic (exact) mass is 308 g/mol. The second-order valence-corrected chi connectivity index (χ2v) is 7.97. The third-order valence-corrected chi connectivity index (χ3v) is 4.53. The SMILES string of the molecule is C=C(NCC(C)(C)C)NC(CCCC(=O)CC)C1CCCC1. The number of hydrogen-bond donors (Lipinski definition) is 2. The predicted molar refractivity (Wildman–Crippen MR) is 94.6 cm³/mol. The van der Waals surface area contributed by atoms with E-state index < -0.39 is 0 Å². The van der Waals surface area contributed by atoms with Crippen molar-refractivity contribution >= 4 is 5.78 Å². The molecule has 3 heteroatoms. The molecule has 2 N–H and O–H groups in total. The Morgan fingerprint density at radius 2 is 1.91 bits per heavy atom. The number of carbonyl (C=O) groups excluding carboxylic acids is 1. The average molecular weight is 309 g/mol. The summed E-state index contributed by atoms with van der Waals surface area (Å²) in [7, 11) is 0. The zero-order chi connectivity index (χ0) is 16.6. The number of ketones is 1. The van der Waals surface area contributed by atoms with Crippen LogP contribution in [-0.4, -0.2) is 18.4 Å². The van der Waals surface area contributed by atoms with Crippen LogP contribution < -0.4 is 10.6 Å². The van der Waals surface area contributed by atoms with E-state index >= 15 is 0 Å². The fourth-order valence-corrected chi connectivity index (χ4v) is 3.13. The molecule has 1 atom stereocenters. The van der Waals surface area contributed by atoms with E-state index in [2.05, 4.69) is 38.0 Å². The molecule has 1 fully saturated rings. The summed E-state index contributed by atoms with van der Waals surface area (Å²) in [6.07, 6.45) is 8.78. The Morgan fingerprint density at radius 1 is 1.27 bits per heavy atom. The molecule has 0 saturated heterocycles. The normalized spacial score (nSPS) is 17.3. The maximum Gasteiger partial charge on any atom is 0.132 e. The summed E-state index contributed by atoms with van der Waals surface area (Å²) < 4.78 is 0. The first-order valence-electron chi connectivity index (χ1n) is 9.03. The maximum atomic E-state index is 11.5. The van der Waals surface area contributed by atoms with Crippen LogP contribution in [0.1, 0.15) is 79.1 Å². The standard InChI is InChI=1S/C19H36N2O/c1-6-17(22)12-9-13-18(16-10-7-8-11-16)21-15(2)20-14-19(3,4)5/h16,18,20-21H,2,6-14H2,1,3-5H3. The number of carbonyl (C=O) groups is 1. The Bertz CT molecular complexity index is 351. The van der Waals surface area contributed by atoms with Gasteiger partial charge in [-0.3, -0.25) is 4.79 Å². The van der Waals surface area contributed by atoms with E-state index in [1.807, 2.05) is 6.92 Å². The quantitative estimate of drug-likeness (QED) is 0.629. The molecular formula is C19H36N2O. The van der Waals surface area contributed by atoms with Crippen LogP contribution in [0.4, 0.5) is 0 Å². The summed E-state index contributed by atoms with van der Waals surface area (Å²) in [6.45, 7) is 13.7. The average Bonchev–Trinajstić information content (AvgIpc) is 2.97. The molecule has 0 amide bonds. The van der Waals surface area contributed by atoms with Crippen molar-refractivity contribution in [2.75, 3.05) is 6.54 Å². The predicted octanol–water partition coefficient (Wildman–Crippen LogP) is 4.39. The molecule has 0 heterocycles. The number of Topliss-reactive ketones (excluding diaryl/α,β-unsaturated/α-hetero) is 1. The van der Waals surface area contributed by atoms with Crippen molar-refractivity contribution in [3.05, 3.63) is 12.4 Å². The highest BCUT2D eigenvalue weighted by atomic mass is 16.1. The van der Waals surface area contributed by atoms with E-state index in [0.29, 0.717) is 18.2 Å². The van der Waals surface area contributed by atoms with Gasteiger partial charge in [0.2, 0.25) is 0 Å². The zero-order valence-electron chi connectivity index (χ0n) is 15.1. The minimum absolute atomic E-state index is 0.251. The first-order valence-corrected chi connectivity index (χ1v) is 9.03. The van der Waals surface area contributed by atoms with Crippen molar-refractivity contribution in [3.8, 4) is 0 Å². The first kappa shape index (κ1) is 19.1. The molecule has 0 aromatic rings. The lowest BCUT2D eigenvalue weighted by Crippen LogP contribution is -2.40. The van der Waals surface area contributed by atoms with Gasteiger partial charge in [0.25, 0.3) is 0 Å². The van der Waals surface area contributed by atoms with Crippen molar-refractivity contribution in [3.63, 3.8) is 0 Å². The summed E-state index contributed by atoms with van der Waals surface area (Å²) in [5.41, 5.74) is 0.251. The lowest BCUT2D eigenvalue weighted by Gasteiger charge is -2.29. The summed E-state index contributed by atoms with van der Waals surface area (Å²) in [4.78, 5) is 11.5. The molecule has 0 aromatic carbocycles. The molecule has 1 aliphatic rings. The minimum atomic E-state index is 0.251. The maximum absolute atomic E-state index is 11.5. The Labute approximate surface area is 137 Å². The molecule has 0 spiro atoms. The Morgan fingerprint density at radius 3 is 2.45 bits per heavy atom. The second-order valence-electron chi connectivity index (χ2n) is 7.97. The molecule has 0 aromatic heterocycles. The summed E-state index contributed by atoms with van der Waals surface area (Å²) >= 11 is 0. The molecule has 0 aliphatic heterocycles. The van der Waals surface area contributed by atoms with Crippen LogP contribution in [0.15, 0.2) is 12.4 Å². The van der Waals surface area contributed by atoms with E-state index in [-0.39, 0.29) is 5.41 Å². The molecule has 1 unspecified atom stereocenters. The molecule has 22 heavy (non-hydrogen) atoms. The van der Waals surface area contributed by atoms with Crippen LogP contribution in [0.25, 0.3) is 0 Å². The molecule has 3 nitrogen and oxygen atoms in total. The Hall–Kier alpha value is -0.990. The van der Waals surface area contributed by atoms with Crippen LogP contribution >= 0.6 is 0 Å². The fourth-order valence-electron chi connectivity index (χ4n) is 3.13.